The topological polar surface area (TPSA) is 62.1 Å². The summed E-state index contributed by atoms with van der Waals surface area (Å²) < 4.78 is 13.8. The summed E-state index contributed by atoms with van der Waals surface area (Å²) in [6.45, 7) is 2.51. The number of hydrogen-bond acceptors (Lipinski definition) is 3. The minimum absolute atomic E-state index is 0.134. The van der Waals surface area contributed by atoms with Gasteiger partial charge < -0.3 is 10.7 Å². The summed E-state index contributed by atoms with van der Waals surface area (Å²) in [5, 5.41) is 0.400. The van der Waals surface area contributed by atoms with E-state index in [1.54, 1.807) is 18.2 Å². The molecule has 112 valence electrons. The summed E-state index contributed by atoms with van der Waals surface area (Å²) in [7, 11) is 0. The fourth-order valence-electron chi connectivity index (χ4n) is 2.95. The number of nitrogens with one attached hydrogen (secondary N) is 1. The van der Waals surface area contributed by atoms with Crippen molar-refractivity contribution in [3.63, 3.8) is 0 Å². The van der Waals surface area contributed by atoms with Crippen molar-refractivity contribution >= 4 is 10.9 Å². The molecular weight excluding hydrogens is 269 g/mol. The normalized spacial score (nSPS) is 20.6. The fourth-order valence-corrected chi connectivity index (χ4v) is 2.95. The third-order valence-electron chi connectivity index (χ3n) is 4.13. The molecule has 1 saturated heterocycles. The van der Waals surface area contributed by atoms with Crippen molar-refractivity contribution in [3.05, 3.63) is 46.0 Å². The Bertz CT molecular complexity index is 697. The van der Waals surface area contributed by atoms with Gasteiger partial charge in [-0.05, 0) is 37.9 Å². The standard InChI is InChI=1S/C16H20FN3O/c17-14-5-1-4-13-15(21)9-12(19-16(13)14)10-20-7-2-3-11(18)6-8-20/h1,4-5,9,11H,2-3,6-8,10,18H2,(H,19,21). The molecule has 1 aromatic heterocycles. The van der Waals surface area contributed by atoms with E-state index in [0.29, 0.717) is 17.4 Å². The largest absolute Gasteiger partial charge is 0.355 e. The second-order valence-electron chi connectivity index (χ2n) is 5.79. The molecule has 0 saturated carbocycles. The molecule has 3 N–H and O–H groups in total. The number of halogens is 1. The Morgan fingerprint density at radius 2 is 2.19 bits per heavy atom. The monoisotopic (exact) mass is 289 g/mol. The molecule has 1 atom stereocenters. The highest BCUT2D eigenvalue weighted by Crippen LogP contribution is 2.15. The number of H-pyrrole nitrogens is 1. The molecule has 2 aromatic rings. The van der Waals surface area contributed by atoms with Crippen molar-refractivity contribution in [2.24, 2.45) is 5.73 Å². The van der Waals surface area contributed by atoms with Gasteiger partial charge >= 0.3 is 0 Å². The second kappa shape index (κ2) is 5.95. The maximum absolute atomic E-state index is 13.8. The number of fused-ring (bicyclic) bond motifs is 1. The van der Waals surface area contributed by atoms with Gasteiger partial charge in [0.2, 0.25) is 0 Å². The van der Waals surface area contributed by atoms with Crippen molar-refractivity contribution < 1.29 is 4.39 Å². The van der Waals surface area contributed by atoms with E-state index >= 15 is 0 Å². The minimum atomic E-state index is -0.385. The zero-order valence-corrected chi connectivity index (χ0v) is 11.9. The maximum Gasteiger partial charge on any atom is 0.189 e. The molecule has 0 aliphatic carbocycles. The quantitative estimate of drug-likeness (QED) is 0.888. The summed E-state index contributed by atoms with van der Waals surface area (Å²) in [4.78, 5) is 17.4. The van der Waals surface area contributed by atoms with Crippen LogP contribution in [0, 0.1) is 5.82 Å². The molecule has 1 aliphatic heterocycles. The summed E-state index contributed by atoms with van der Waals surface area (Å²) in [6, 6.07) is 6.41. The first-order chi connectivity index (χ1) is 10.1. The molecule has 4 nitrogen and oxygen atoms in total. The van der Waals surface area contributed by atoms with E-state index in [1.165, 1.54) is 6.07 Å². The Kier molecular flexibility index (Phi) is 4.03. The Morgan fingerprint density at radius 3 is 3.05 bits per heavy atom. The van der Waals surface area contributed by atoms with Gasteiger partial charge in [0.25, 0.3) is 0 Å². The van der Waals surface area contributed by atoms with Crippen molar-refractivity contribution in [1.29, 1.82) is 0 Å². The van der Waals surface area contributed by atoms with Gasteiger partial charge in [-0.3, -0.25) is 9.69 Å². The number of likely N-dealkylation sites (tertiary alicyclic amines) is 1. The number of nitrogens with two attached hydrogens (primary N) is 1. The van der Waals surface area contributed by atoms with Gasteiger partial charge in [0.15, 0.2) is 5.43 Å². The molecule has 0 amide bonds. The first kappa shape index (κ1) is 14.2. The van der Waals surface area contributed by atoms with Crippen LogP contribution in [0.5, 0.6) is 0 Å². The predicted octanol–water partition coefficient (Wildman–Crippen LogP) is 1.98. The lowest BCUT2D eigenvalue weighted by atomic mass is 10.1. The highest BCUT2D eigenvalue weighted by molar-refractivity contribution is 5.78. The van der Waals surface area contributed by atoms with E-state index in [9.17, 15) is 9.18 Å². The Hall–Kier alpha value is -1.72. The van der Waals surface area contributed by atoms with Gasteiger partial charge in [-0.25, -0.2) is 4.39 Å². The van der Waals surface area contributed by atoms with Gasteiger partial charge in [-0.1, -0.05) is 6.07 Å². The van der Waals surface area contributed by atoms with E-state index in [2.05, 4.69) is 9.88 Å². The lowest BCUT2D eigenvalue weighted by Crippen LogP contribution is -2.27. The Labute approximate surface area is 122 Å². The van der Waals surface area contributed by atoms with Gasteiger partial charge in [-0.15, -0.1) is 0 Å². The number of benzene rings is 1. The van der Waals surface area contributed by atoms with Crippen molar-refractivity contribution in [2.75, 3.05) is 13.1 Å². The van der Waals surface area contributed by atoms with E-state index < -0.39 is 0 Å². The van der Waals surface area contributed by atoms with Gasteiger partial charge in [0.05, 0.1) is 5.52 Å². The number of hydrogen-bond donors (Lipinski definition) is 2. The molecule has 1 fully saturated rings. The van der Waals surface area contributed by atoms with Crippen molar-refractivity contribution in [1.82, 2.24) is 9.88 Å². The van der Waals surface area contributed by atoms with Crippen LogP contribution in [0.1, 0.15) is 25.0 Å². The second-order valence-corrected chi connectivity index (χ2v) is 5.79. The van der Waals surface area contributed by atoms with Crippen LogP contribution < -0.4 is 11.2 Å². The summed E-state index contributed by atoms with van der Waals surface area (Å²) in [6.07, 6.45) is 3.07. The van der Waals surface area contributed by atoms with E-state index in [1.807, 2.05) is 0 Å². The van der Waals surface area contributed by atoms with Crippen LogP contribution in [0.25, 0.3) is 10.9 Å². The molecule has 5 heteroatoms. The maximum atomic E-state index is 13.8. The van der Waals surface area contributed by atoms with Gasteiger partial charge in [0.1, 0.15) is 5.82 Å². The van der Waals surface area contributed by atoms with Crippen LogP contribution in [0.2, 0.25) is 0 Å². The molecule has 21 heavy (non-hydrogen) atoms. The van der Waals surface area contributed by atoms with Crippen molar-refractivity contribution in [2.45, 2.75) is 31.8 Å². The highest BCUT2D eigenvalue weighted by Gasteiger charge is 2.15. The molecule has 0 radical (unpaired) electrons. The third kappa shape index (κ3) is 3.14. The first-order valence-electron chi connectivity index (χ1n) is 7.42. The van der Waals surface area contributed by atoms with Gasteiger partial charge in [0, 0.05) is 36.3 Å². The summed E-state index contributed by atoms with van der Waals surface area (Å²) in [5.74, 6) is -0.385. The third-order valence-corrected chi connectivity index (χ3v) is 4.13. The number of para-hydroxylation sites is 1. The van der Waals surface area contributed by atoms with E-state index in [4.69, 9.17) is 5.73 Å². The van der Waals surface area contributed by atoms with Crippen LogP contribution in [0.4, 0.5) is 4.39 Å². The number of aromatic amines is 1. The number of aromatic nitrogens is 1. The van der Waals surface area contributed by atoms with Crippen molar-refractivity contribution in [3.8, 4) is 0 Å². The van der Waals surface area contributed by atoms with E-state index in [0.717, 1.165) is 38.0 Å². The minimum Gasteiger partial charge on any atom is -0.355 e. The number of nitrogens with zero attached hydrogens (tertiary/aromatic N) is 1. The van der Waals surface area contributed by atoms with E-state index in [-0.39, 0.29) is 17.3 Å². The Morgan fingerprint density at radius 1 is 1.33 bits per heavy atom. The fraction of sp³-hybridized carbons (Fsp3) is 0.438. The summed E-state index contributed by atoms with van der Waals surface area (Å²) >= 11 is 0. The molecule has 2 heterocycles. The smallest absolute Gasteiger partial charge is 0.189 e. The first-order valence-corrected chi connectivity index (χ1v) is 7.42. The van der Waals surface area contributed by atoms with Gasteiger partial charge in [-0.2, -0.15) is 0 Å². The SMILES string of the molecule is NC1CCCN(Cc2cc(=O)c3cccc(F)c3[nH]2)CC1. The highest BCUT2D eigenvalue weighted by atomic mass is 19.1. The Balaban J connectivity index is 1.87. The zero-order valence-electron chi connectivity index (χ0n) is 11.9. The van der Waals surface area contributed by atoms with Crippen LogP contribution in [0.15, 0.2) is 29.1 Å². The zero-order chi connectivity index (χ0) is 14.8. The molecule has 0 bridgehead atoms. The summed E-state index contributed by atoms with van der Waals surface area (Å²) in [5.41, 5.74) is 6.90. The average molecular weight is 289 g/mol. The van der Waals surface area contributed by atoms with Crippen LogP contribution in [0.3, 0.4) is 0 Å². The number of pyridine rings is 1. The average Bonchev–Trinajstić information content (AvgIpc) is 2.65. The molecule has 3 rings (SSSR count). The molecule has 1 aliphatic rings. The molecule has 0 spiro atoms. The lowest BCUT2D eigenvalue weighted by Gasteiger charge is -2.20. The molecule has 1 unspecified atom stereocenters. The predicted molar refractivity (Wildman–Crippen MR) is 81.6 cm³/mol. The van der Waals surface area contributed by atoms with Crippen LogP contribution >= 0.6 is 0 Å². The molecular formula is C16H20FN3O. The lowest BCUT2D eigenvalue weighted by molar-refractivity contribution is 0.272. The van der Waals surface area contributed by atoms with Crippen LogP contribution in [-0.4, -0.2) is 29.0 Å². The number of rotatable bonds is 2. The molecule has 1 aromatic carbocycles. The van der Waals surface area contributed by atoms with Crippen LogP contribution in [-0.2, 0) is 6.54 Å².